The van der Waals surface area contributed by atoms with Gasteiger partial charge in [0.1, 0.15) is 5.82 Å². The summed E-state index contributed by atoms with van der Waals surface area (Å²) in [5, 5.41) is 5.44. The average molecular weight is 443 g/mol. The number of aryl methyl sites for hydroxylation is 1. The molecule has 0 spiro atoms. The van der Waals surface area contributed by atoms with Crippen LogP contribution in [-0.4, -0.2) is 53.5 Å². The lowest BCUT2D eigenvalue weighted by Gasteiger charge is -2.35. The number of rotatable bonds is 3. The van der Waals surface area contributed by atoms with Gasteiger partial charge in [0.05, 0.1) is 16.1 Å². The van der Waals surface area contributed by atoms with Crippen molar-refractivity contribution in [1.82, 2.24) is 18.9 Å². The van der Waals surface area contributed by atoms with Crippen molar-refractivity contribution in [3.63, 3.8) is 0 Å². The SMILES string of the molecule is Cc1cc2nc(N3CCN(S(=O)(=O)c4ccc(F)c(F)c4)CC3)c3ccccc3n2n1. The van der Waals surface area contributed by atoms with Gasteiger partial charge in [0.25, 0.3) is 0 Å². The number of hydrogen-bond donors (Lipinski definition) is 0. The van der Waals surface area contributed by atoms with E-state index in [1.807, 2.05) is 42.2 Å². The summed E-state index contributed by atoms with van der Waals surface area (Å²) in [5.74, 6) is -1.49. The summed E-state index contributed by atoms with van der Waals surface area (Å²) in [6.45, 7) is 3.17. The molecule has 0 atom stereocenters. The van der Waals surface area contributed by atoms with Crippen molar-refractivity contribution in [2.24, 2.45) is 0 Å². The first-order valence-electron chi connectivity index (χ1n) is 9.80. The van der Waals surface area contributed by atoms with E-state index in [9.17, 15) is 17.2 Å². The molecular formula is C21H19F2N5O2S. The molecule has 0 aliphatic carbocycles. The predicted molar refractivity (Wildman–Crippen MR) is 113 cm³/mol. The van der Waals surface area contributed by atoms with E-state index in [0.717, 1.165) is 46.3 Å². The van der Waals surface area contributed by atoms with Crippen LogP contribution in [0.4, 0.5) is 14.6 Å². The van der Waals surface area contributed by atoms with E-state index in [2.05, 4.69) is 5.10 Å². The zero-order chi connectivity index (χ0) is 21.8. The third-order valence-corrected chi connectivity index (χ3v) is 7.37. The van der Waals surface area contributed by atoms with Gasteiger partial charge in [-0.15, -0.1) is 0 Å². The second kappa shape index (κ2) is 7.24. The van der Waals surface area contributed by atoms with Gasteiger partial charge >= 0.3 is 0 Å². The van der Waals surface area contributed by atoms with E-state index in [4.69, 9.17) is 4.98 Å². The number of sulfonamides is 1. The molecule has 0 amide bonds. The van der Waals surface area contributed by atoms with Gasteiger partial charge in [-0.1, -0.05) is 12.1 Å². The number of nitrogens with zero attached hydrogens (tertiary/aromatic N) is 5. The molecule has 5 rings (SSSR count). The van der Waals surface area contributed by atoms with Crippen molar-refractivity contribution in [3.8, 4) is 0 Å². The smallest absolute Gasteiger partial charge is 0.243 e. The Bertz CT molecular complexity index is 1410. The molecule has 7 nitrogen and oxygen atoms in total. The van der Waals surface area contributed by atoms with Gasteiger partial charge in [-0.2, -0.15) is 9.40 Å². The van der Waals surface area contributed by atoms with E-state index >= 15 is 0 Å². The van der Waals surface area contributed by atoms with E-state index in [0.29, 0.717) is 13.1 Å². The standard InChI is InChI=1S/C21H19F2N5O2S/c1-14-12-20-24-21(16-4-2-3-5-19(16)28(20)25-14)26-8-10-27(11-9-26)31(29,30)15-6-7-17(22)18(23)13-15/h2-7,12-13H,8-11H2,1H3. The number of halogens is 2. The first-order valence-corrected chi connectivity index (χ1v) is 11.2. The highest BCUT2D eigenvalue weighted by molar-refractivity contribution is 7.89. The molecule has 0 saturated carbocycles. The minimum Gasteiger partial charge on any atom is -0.353 e. The van der Waals surface area contributed by atoms with Gasteiger partial charge in [-0.05, 0) is 37.3 Å². The maximum atomic E-state index is 13.6. The van der Waals surface area contributed by atoms with Crippen LogP contribution in [0.25, 0.3) is 16.6 Å². The molecule has 0 unspecified atom stereocenters. The summed E-state index contributed by atoms with van der Waals surface area (Å²) in [5.41, 5.74) is 2.51. The molecule has 0 N–H and O–H groups in total. The normalized spacial score (nSPS) is 15.8. The highest BCUT2D eigenvalue weighted by atomic mass is 32.2. The van der Waals surface area contributed by atoms with Crippen molar-refractivity contribution in [2.75, 3.05) is 31.1 Å². The summed E-state index contributed by atoms with van der Waals surface area (Å²) >= 11 is 0. The molecule has 160 valence electrons. The van der Waals surface area contributed by atoms with Crippen LogP contribution in [0.5, 0.6) is 0 Å². The van der Waals surface area contributed by atoms with Gasteiger partial charge in [-0.3, -0.25) is 0 Å². The Balaban J connectivity index is 1.45. The minimum absolute atomic E-state index is 0.209. The molecule has 0 bridgehead atoms. The van der Waals surface area contributed by atoms with Crippen LogP contribution < -0.4 is 4.90 Å². The maximum Gasteiger partial charge on any atom is 0.243 e. The maximum absolute atomic E-state index is 13.6. The van der Waals surface area contributed by atoms with Crippen molar-refractivity contribution >= 4 is 32.4 Å². The van der Waals surface area contributed by atoms with E-state index < -0.39 is 21.7 Å². The molecule has 4 aromatic rings. The fourth-order valence-corrected chi connectivity index (χ4v) is 5.36. The molecule has 0 radical (unpaired) electrons. The van der Waals surface area contributed by atoms with E-state index in [-0.39, 0.29) is 18.0 Å². The topological polar surface area (TPSA) is 70.8 Å². The predicted octanol–water partition coefficient (Wildman–Crippen LogP) is 2.98. The highest BCUT2D eigenvalue weighted by Crippen LogP contribution is 2.28. The molecule has 3 heterocycles. The Morgan fingerprint density at radius 1 is 0.935 bits per heavy atom. The fourth-order valence-electron chi connectivity index (χ4n) is 3.93. The van der Waals surface area contributed by atoms with Crippen LogP contribution in [0.3, 0.4) is 0 Å². The zero-order valence-corrected chi connectivity index (χ0v) is 17.5. The van der Waals surface area contributed by atoms with Crippen LogP contribution in [-0.2, 0) is 10.0 Å². The molecule has 1 fully saturated rings. The average Bonchev–Trinajstić information content (AvgIpc) is 3.15. The third kappa shape index (κ3) is 3.31. The van der Waals surface area contributed by atoms with Crippen LogP contribution in [0.1, 0.15) is 5.69 Å². The number of anilines is 1. The van der Waals surface area contributed by atoms with Gasteiger partial charge in [0.2, 0.25) is 10.0 Å². The van der Waals surface area contributed by atoms with Gasteiger partial charge < -0.3 is 4.90 Å². The Labute approximate surface area is 177 Å². The molecule has 2 aromatic carbocycles. The zero-order valence-electron chi connectivity index (χ0n) is 16.7. The fraction of sp³-hybridized carbons (Fsp3) is 0.238. The van der Waals surface area contributed by atoms with Crippen LogP contribution >= 0.6 is 0 Å². The third-order valence-electron chi connectivity index (χ3n) is 5.47. The van der Waals surface area contributed by atoms with Crippen molar-refractivity contribution in [2.45, 2.75) is 11.8 Å². The summed E-state index contributed by atoms with van der Waals surface area (Å²) in [6.07, 6.45) is 0. The largest absolute Gasteiger partial charge is 0.353 e. The Morgan fingerprint density at radius 2 is 1.68 bits per heavy atom. The van der Waals surface area contributed by atoms with E-state index in [1.54, 1.807) is 4.52 Å². The molecule has 31 heavy (non-hydrogen) atoms. The van der Waals surface area contributed by atoms with Crippen LogP contribution in [0.2, 0.25) is 0 Å². The number of piperazine rings is 1. The lowest BCUT2D eigenvalue weighted by Crippen LogP contribution is -2.49. The number of hydrogen-bond acceptors (Lipinski definition) is 5. The summed E-state index contributed by atoms with van der Waals surface area (Å²) in [6, 6.07) is 12.4. The van der Waals surface area contributed by atoms with Crippen LogP contribution in [0.15, 0.2) is 53.4 Å². The number of fused-ring (bicyclic) bond motifs is 3. The Hall–Kier alpha value is -3.11. The first-order chi connectivity index (χ1) is 14.8. The molecule has 2 aromatic heterocycles. The van der Waals surface area contributed by atoms with Crippen molar-refractivity contribution in [3.05, 3.63) is 65.9 Å². The molecular weight excluding hydrogens is 424 g/mol. The molecule has 1 saturated heterocycles. The van der Waals surface area contributed by atoms with Gasteiger partial charge in [0, 0.05) is 37.6 Å². The first kappa shape index (κ1) is 19.8. The quantitative estimate of drug-likeness (QED) is 0.487. The molecule has 10 heteroatoms. The monoisotopic (exact) mass is 443 g/mol. The molecule has 1 aliphatic heterocycles. The van der Waals surface area contributed by atoms with Crippen molar-refractivity contribution in [1.29, 1.82) is 0 Å². The number of benzene rings is 2. The molecule has 1 aliphatic rings. The number of para-hydroxylation sites is 1. The highest BCUT2D eigenvalue weighted by Gasteiger charge is 2.30. The summed E-state index contributed by atoms with van der Waals surface area (Å²) in [4.78, 5) is 6.57. The second-order valence-corrected chi connectivity index (χ2v) is 9.41. The minimum atomic E-state index is -3.92. The van der Waals surface area contributed by atoms with E-state index in [1.165, 1.54) is 4.31 Å². The lowest BCUT2D eigenvalue weighted by molar-refractivity contribution is 0.383. The van der Waals surface area contributed by atoms with Crippen LogP contribution in [0, 0.1) is 18.6 Å². The Morgan fingerprint density at radius 3 is 2.42 bits per heavy atom. The number of aromatic nitrogens is 3. The second-order valence-electron chi connectivity index (χ2n) is 7.48. The van der Waals surface area contributed by atoms with Gasteiger partial charge in [0.15, 0.2) is 17.3 Å². The summed E-state index contributed by atoms with van der Waals surface area (Å²) < 4.78 is 55.6. The summed E-state index contributed by atoms with van der Waals surface area (Å²) in [7, 11) is -3.92. The van der Waals surface area contributed by atoms with Gasteiger partial charge in [-0.25, -0.2) is 26.7 Å². The van der Waals surface area contributed by atoms with Crippen molar-refractivity contribution < 1.29 is 17.2 Å². The Kier molecular flexibility index (Phi) is 4.63. The lowest BCUT2D eigenvalue weighted by atomic mass is 10.2.